The Hall–Kier alpha value is -3.22. The van der Waals surface area contributed by atoms with E-state index in [1.807, 2.05) is 31.2 Å². The monoisotopic (exact) mass is 349 g/mol. The topological polar surface area (TPSA) is 92.9 Å². The van der Waals surface area contributed by atoms with Crippen LogP contribution >= 0.6 is 0 Å². The van der Waals surface area contributed by atoms with Gasteiger partial charge in [0, 0.05) is 22.9 Å². The fourth-order valence-corrected chi connectivity index (χ4v) is 2.77. The number of anilines is 2. The number of hydrogen-bond donors (Lipinski definition) is 2. The van der Waals surface area contributed by atoms with Crippen molar-refractivity contribution in [2.24, 2.45) is 0 Å². The summed E-state index contributed by atoms with van der Waals surface area (Å²) in [5.41, 5.74) is 2.36. The van der Waals surface area contributed by atoms with Gasteiger partial charge in [-0.25, -0.2) is 9.78 Å². The molecule has 2 heterocycles. The Labute approximate surface area is 150 Å². The van der Waals surface area contributed by atoms with E-state index in [9.17, 15) is 4.79 Å². The Morgan fingerprint density at radius 1 is 1.08 bits per heavy atom. The van der Waals surface area contributed by atoms with E-state index in [4.69, 9.17) is 4.52 Å². The molecule has 3 aromatic rings. The first-order chi connectivity index (χ1) is 12.7. The Morgan fingerprint density at radius 2 is 1.88 bits per heavy atom. The van der Waals surface area contributed by atoms with E-state index in [1.54, 1.807) is 18.2 Å². The summed E-state index contributed by atoms with van der Waals surface area (Å²) in [4.78, 5) is 20.8. The number of aryl methyl sites for hydroxylation is 1. The Balaban J connectivity index is 1.39. The quantitative estimate of drug-likeness (QED) is 0.730. The van der Waals surface area contributed by atoms with Crippen LogP contribution < -0.4 is 10.6 Å². The molecule has 2 N–H and O–H groups in total. The van der Waals surface area contributed by atoms with Crippen molar-refractivity contribution in [3.8, 4) is 11.4 Å². The van der Waals surface area contributed by atoms with Gasteiger partial charge in [0.05, 0.1) is 0 Å². The molecule has 1 aliphatic rings. The molecule has 1 aliphatic carbocycles. The molecule has 2 amide bonds. The Morgan fingerprint density at radius 3 is 2.58 bits per heavy atom. The lowest BCUT2D eigenvalue weighted by atomic mass is 9.85. The molecule has 0 aliphatic heterocycles. The summed E-state index contributed by atoms with van der Waals surface area (Å²) in [6.07, 6.45) is 3.47. The number of urea groups is 1. The van der Waals surface area contributed by atoms with Gasteiger partial charge in [-0.1, -0.05) is 17.6 Å². The smallest absolute Gasteiger partial charge is 0.324 e. The van der Waals surface area contributed by atoms with Gasteiger partial charge < -0.3 is 9.84 Å². The van der Waals surface area contributed by atoms with Crippen molar-refractivity contribution in [2.75, 3.05) is 10.6 Å². The van der Waals surface area contributed by atoms with Gasteiger partial charge in [-0.3, -0.25) is 5.32 Å². The summed E-state index contributed by atoms with van der Waals surface area (Å²) >= 11 is 0. The first-order valence-electron chi connectivity index (χ1n) is 8.63. The average molecular weight is 349 g/mol. The van der Waals surface area contributed by atoms with Crippen LogP contribution in [0.4, 0.5) is 16.3 Å². The fourth-order valence-electron chi connectivity index (χ4n) is 2.77. The SMILES string of the molecule is Cc1cccc(NC(=O)Nc2ccc(-c3noc(C4CCC4)n3)cc2)n1. The highest BCUT2D eigenvalue weighted by Gasteiger charge is 2.25. The Bertz CT molecular complexity index is 916. The summed E-state index contributed by atoms with van der Waals surface area (Å²) < 4.78 is 5.35. The second-order valence-corrected chi connectivity index (χ2v) is 6.40. The number of benzene rings is 1. The lowest BCUT2D eigenvalue weighted by molar-refractivity contribution is 0.262. The van der Waals surface area contributed by atoms with Crippen molar-refractivity contribution < 1.29 is 9.32 Å². The van der Waals surface area contributed by atoms with Crippen LogP contribution in [-0.4, -0.2) is 21.2 Å². The van der Waals surface area contributed by atoms with Crippen molar-refractivity contribution in [3.05, 3.63) is 54.0 Å². The van der Waals surface area contributed by atoms with Gasteiger partial charge in [-0.2, -0.15) is 4.98 Å². The molecule has 26 heavy (non-hydrogen) atoms. The summed E-state index contributed by atoms with van der Waals surface area (Å²) in [5, 5.41) is 9.53. The highest BCUT2D eigenvalue weighted by atomic mass is 16.5. The third-order valence-electron chi connectivity index (χ3n) is 4.43. The number of carbonyl (C=O) groups excluding carboxylic acids is 1. The van der Waals surface area contributed by atoms with Gasteiger partial charge in [0.2, 0.25) is 11.7 Å². The van der Waals surface area contributed by atoms with Gasteiger partial charge in [-0.15, -0.1) is 0 Å². The summed E-state index contributed by atoms with van der Waals surface area (Å²) in [6.45, 7) is 1.87. The van der Waals surface area contributed by atoms with Crippen LogP contribution in [-0.2, 0) is 0 Å². The van der Waals surface area contributed by atoms with Crippen molar-refractivity contribution >= 4 is 17.5 Å². The van der Waals surface area contributed by atoms with E-state index in [2.05, 4.69) is 25.8 Å². The van der Waals surface area contributed by atoms with Gasteiger partial charge in [-0.05, 0) is 56.2 Å². The average Bonchev–Trinajstić information content (AvgIpc) is 3.03. The maximum atomic E-state index is 12.1. The van der Waals surface area contributed by atoms with E-state index >= 15 is 0 Å². The maximum Gasteiger partial charge on any atom is 0.324 e. The van der Waals surface area contributed by atoms with Crippen molar-refractivity contribution in [1.29, 1.82) is 0 Å². The van der Waals surface area contributed by atoms with Gasteiger partial charge >= 0.3 is 6.03 Å². The molecule has 1 saturated carbocycles. The highest BCUT2D eigenvalue weighted by molar-refractivity contribution is 5.99. The van der Waals surface area contributed by atoms with Gasteiger partial charge in [0.15, 0.2) is 0 Å². The lowest BCUT2D eigenvalue weighted by Crippen LogP contribution is -2.20. The number of aromatic nitrogens is 3. The second-order valence-electron chi connectivity index (χ2n) is 6.40. The van der Waals surface area contributed by atoms with Crippen molar-refractivity contribution in [3.63, 3.8) is 0 Å². The molecule has 4 rings (SSSR count). The number of nitrogens with one attached hydrogen (secondary N) is 2. The van der Waals surface area contributed by atoms with Crippen molar-refractivity contribution in [2.45, 2.75) is 32.1 Å². The molecule has 7 heteroatoms. The number of pyridine rings is 1. The number of amides is 2. The molecule has 0 bridgehead atoms. The minimum absolute atomic E-state index is 0.345. The molecule has 0 saturated heterocycles. The summed E-state index contributed by atoms with van der Waals surface area (Å²) in [5.74, 6) is 2.22. The first-order valence-corrected chi connectivity index (χ1v) is 8.63. The van der Waals surface area contributed by atoms with Crippen LogP contribution in [0, 0.1) is 6.92 Å². The van der Waals surface area contributed by atoms with E-state index < -0.39 is 0 Å². The Kier molecular flexibility index (Phi) is 4.35. The summed E-state index contributed by atoms with van der Waals surface area (Å²) in [7, 11) is 0. The van der Waals surface area contributed by atoms with Crippen LogP contribution in [0.2, 0.25) is 0 Å². The zero-order chi connectivity index (χ0) is 17.9. The van der Waals surface area contributed by atoms with Crippen LogP contribution in [0.25, 0.3) is 11.4 Å². The highest BCUT2D eigenvalue weighted by Crippen LogP contribution is 2.36. The third-order valence-corrected chi connectivity index (χ3v) is 4.43. The standard InChI is InChI=1S/C19H19N5O2/c1-12-4-2-7-16(20-12)22-19(25)21-15-10-8-13(9-11-15)17-23-18(26-24-17)14-5-3-6-14/h2,4,7-11,14H,3,5-6H2,1H3,(H2,20,21,22,25). The molecule has 132 valence electrons. The largest absolute Gasteiger partial charge is 0.339 e. The third kappa shape index (κ3) is 3.56. The van der Waals surface area contributed by atoms with E-state index in [1.165, 1.54) is 6.42 Å². The number of carbonyl (C=O) groups is 1. The first kappa shape index (κ1) is 16.3. The van der Waals surface area contributed by atoms with Gasteiger partial charge in [0.1, 0.15) is 5.82 Å². The van der Waals surface area contributed by atoms with Crippen molar-refractivity contribution in [1.82, 2.24) is 15.1 Å². The molecule has 7 nitrogen and oxygen atoms in total. The zero-order valence-electron chi connectivity index (χ0n) is 14.4. The van der Waals surface area contributed by atoms with Crippen LogP contribution in [0.3, 0.4) is 0 Å². The van der Waals surface area contributed by atoms with E-state index in [-0.39, 0.29) is 6.03 Å². The lowest BCUT2D eigenvalue weighted by Gasteiger charge is -2.20. The molecule has 1 aromatic carbocycles. The fraction of sp³-hybridized carbons (Fsp3) is 0.263. The molecular weight excluding hydrogens is 330 g/mol. The number of nitrogens with zero attached hydrogens (tertiary/aromatic N) is 3. The molecule has 0 unspecified atom stereocenters. The molecular formula is C19H19N5O2. The molecule has 0 spiro atoms. The van der Waals surface area contributed by atoms with Crippen LogP contribution in [0.1, 0.15) is 36.8 Å². The maximum absolute atomic E-state index is 12.1. The minimum Gasteiger partial charge on any atom is -0.339 e. The normalized spacial score (nSPS) is 13.9. The summed E-state index contributed by atoms with van der Waals surface area (Å²) in [6, 6.07) is 12.4. The second kappa shape index (κ2) is 6.95. The van der Waals surface area contributed by atoms with Gasteiger partial charge in [0.25, 0.3) is 0 Å². The predicted molar refractivity (Wildman–Crippen MR) is 97.9 cm³/mol. The molecule has 1 fully saturated rings. The minimum atomic E-state index is -0.345. The molecule has 2 aromatic heterocycles. The van der Waals surface area contributed by atoms with E-state index in [0.29, 0.717) is 23.2 Å². The number of hydrogen-bond acceptors (Lipinski definition) is 5. The molecule has 0 radical (unpaired) electrons. The molecule has 0 atom stereocenters. The predicted octanol–water partition coefficient (Wildman–Crippen LogP) is 4.35. The van der Waals surface area contributed by atoms with Crippen LogP contribution in [0.5, 0.6) is 0 Å². The zero-order valence-corrected chi connectivity index (χ0v) is 14.4. The number of rotatable bonds is 4. The van der Waals surface area contributed by atoms with Crippen LogP contribution in [0.15, 0.2) is 47.0 Å². The van der Waals surface area contributed by atoms with E-state index in [0.717, 1.165) is 30.0 Å².